The van der Waals surface area contributed by atoms with E-state index in [2.05, 4.69) is 6.92 Å². The third-order valence-electron chi connectivity index (χ3n) is 3.02. The summed E-state index contributed by atoms with van der Waals surface area (Å²) < 4.78 is 5.60. The van der Waals surface area contributed by atoms with E-state index < -0.39 is 11.9 Å². The summed E-state index contributed by atoms with van der Waals surface area (Å²) in [5, 5.41) is 8.90. The number of carboxylic acid groups (broad SMARTS) is 1. The molecule has 0 amide bonds. The molecule has 18 heavy (non-hydrogen) atoms. The lowest BCUT2D eigenvalue weighted by Crippen LogP contribution is -2.07. The monoisotopic (exact) mass is 250 g/mol. The summed E-state index contributed by atoms with van der Waals surface area (Å²) in [6.07, 6.45) is 4.74. The summed E-state index contributed by atoms with van der Waals surface area (Å²) in [5.41, 5.74) is 0.806. The van der Waals surface area contributed by atoms with Gasteiger partial charge in [0.2, 0.25) is 0 Å². The Morgan fingerprint density at radius 1 is 1.22 bits per heavy atom. The Hall–Kier alpha value is -1.51. The second-order valence-electron chi connectivity index (χ2n) is 4.54. The van der Waals surface area contributed by atoms with Crippen molar-refractivity contribution in [2.45, 2.75) is 45.4 Å². The fraction of sp³-hybridized carbons (Fsp3) is 0.533. The minimum atomic E-state index is -0.803. The van der Waals surface area contributed by atoms with Crippen LogP contribution in [0.25, 0.3) is 0 Å². The number of carboxylic acids is 1. The van der Waals surface area contributed by atoms with Gasteiger partial charge in [-0.05, 0) is 31.0 Å². The van der Waals surface area contributed by atoms with Crippen LogP contribution in [0.5, 0.6) is 5.75 Å². The minimum absolute atomic E-state index is 0.469. The molecule has 3 nitrogen and oxygen atoms in total. The SMILES string of the molecule is CCCCCCOc1ccc(C(C)C(=O)O)cc1. The standard InChI is InChI=1S/C15H22O3/c1-3-4-5-6-11-18-14-9-7-13(8-10-14)12(2)15(16)17/h7-10,12H,3-6,11H2,1-2H3,(H,16,17). The van der Waals surface area contributed by atoms with Crippen molar-refractivity contribution < 1.29 is 14.6 Å². The van der Waals surface area contributed by atoms with Gasteiger partial charge in [-0.25, -0.2) is 0 Å². The smallest absolute Gasteiger partial charge is 0.310 e. The summed E-state index contributed by atoms with van der Waals surface area (Å²) in [6, 6.07) is 7.32. The predicted octanol–water partition coefficient (Wildman–Crippen LogP) is 3.83. The molecule has 0 bridgehead atoms. The molecular weight excluding hydrogens is 228 g/mol. The highest BCUT2D eigenvalue weighted by Gasteiger charge is 2.12. The fourth-order valence-electron chi connectivity index (χ4n) is 1.71. The number of benzene rings is 1. The van der Waals surface area contributed by atoms with Crippen molar-refractivity contribution in [3.8, 4) is 5.75 Å². The Balaban J connectivity index is 2.38. The van der Waals surface area contributed by atoms with Crippen LogP contribution in [0.15, 0.2) is 24.3 Å². The number of rotatable bonds is 8. The van der Waals surface area contributed by atoms with Crippen LogP contribution in [0, 0.1) is 0 Å². The van der Waals surface area contributed by atoms with E-state index in [1.54, 1.807) is 6.92 Å². The highest BCUT2D eigenvalue weighted by atomic mass is 16.5. The summed E-state index contributed by atoms with van der Waals surface area (Å²) in [4.78, 5) is 10.8. The molecule has 1 aromatic rings. The number of ether oxygens (including phenoxy) is 1. The zero-order valence-corrected chi connectivity index (χ0v) is 11.2. The molecule has 0 spiro atoms. The van der Waals surface area contributed by atoms with Gasteiger partial charge in [0.25, 0.3) is 0 Å². The second kappa shape index (κ2) is 7.75. The van der Waals surface area contributed by atoms with Crippen molar-refractivity contribution in [2.24, 2.45) is 0 Å². The van der Waals surface area contributed by atoms with Crippen LogP contribution >= 0.6 is 0 Å². The molecule has 0 aliphatic rings. The van der Waals surface area contributed by atoms with Gasteiger partial charge in [-0.1, -0.05) is 38.3 Å². The largest absolute Gasteiger partial charge is 0.494 e. The van der Waals surface area contributed by atoms with E-state index >= 15 is 0 Å². The molecule has 0 radical (unpaired) electrons. The van der Waals surface area contributed by atoms with Crippen LogP contribution < -0.4 is 4.74 Å². The minimum Gasteiger partial charge on any atom is -0.494 e. The van der Waals surface area contributed by atoms with Crippen LogP contribution in [0.2, 0.25) is 0 Å². The van der Waals surface area contributed by atoms with Gasteiger partial charge >= 0.3 is 5.97 Å². The first kappa shape index (κ1) is 14.6. The van der Waals surface area contributed by atoms with E-state index in [9.17, 15) is 4.79 Å². The van der Waals surface area contributed by atoms with E-state index in [0.717, 1.165) is 24.3 Å². The van der Waals surface area contributed by atoms with Gasteiger partial charge in [0.1, 0.15) is 5.75 Å². The van der Waals surface area contributed by atoms with Crippen molar-refractivity contribution in [3.05, 3.63) is 29.8 Å². The molecule has 0 aliphatic heterocycles. The highest BCUT2D eigenvalue weighted by molar-refractivity contribution is 5.75. The van der Waals surface area contributed by atoms with Gasteiger partial charge in [0.15, 0.2) is 0 Å². The Bertz CT molecular complexity index is 357. The maximum atomic E-state index is 10.8. The van der Waals surface area contributed by atoms with Crippen molar-refractivity contribution in [1.82, 2.24) is 0 Å². The summed E-state index contributed by atoms with van der Waals surface area (Å²) in [7, 11) is 0. The van der Waals surface area contributed by atoms with Crippen molar-refractivity contribution >= 4 is 5.97 Å². The summed E-state index contributed by atoms with van der Waals surface area (Å²) in [5.74, 6) is -0.459. The van der Waals surface area contributed by atoms with Crippen LogP contribution in [0.4, 0.5) is 0 Å². The zero-order valence-electron chi connectivity index (χ0n) is 11.2. The molecule has 3 heteroatoms. The third-order valence-corrected chi connectivity index (χ3v) is 3.02. The Labute approximate surface area is 109 Å². The molecule has 0 fully saturated rings. The lowest BCUT2D eigenvalue weighted by Gasteiger charge is -2.09. The highest BCUT2D eigenvalue weighted by Crippen LogP contribution is 2.19. The van der Waals surface area contributed by atoms with Gasteiger partial charge < -0.3 is 9.84 Å². The van der Waals surface area contributed by atoms with Crippen LogP contribution in [0.3, 0.4) is 0 Å². The molecule has 1 N–H and O–H groups in total. The molecule has 1 unspecified atom stereocenters. The summed E-state index contributed by atoms with van der Waals surface area (Å²) in [6.45, 7) is 4.60. The molecule has 0 heterocycles. The number of carbonyl (C=O) groups is 1. The van der Waals surface area contributed by atoms with E-state index in [-0.39, 0.29) is 0 Å². The van der Waals surface area contributed by atoms with Crippen molar-refractivity contribution in [3.63, 3.8) is 0 Å². The van der Waals surface area contributed by atoms with E-state index in [4.69, 9.17) is 9.84 Å². The first-order chi connectivity index (χ1) is 8.65. The number of aliphatic carboxylic acids is 1. The molecule has 0 saturated heterocycles. The van der Waals surface area contributed by atoms with Crippen molar-refractivity contribution in [1.29, 1.82) is 0 Å². The number of unbranched alkanes of at least 4 members (excludes halogenated alkanes) is 3. The maximum absolute atomic E-state index is 10.8. The maximum Gasteiger partial charge on any atom is 0.310 e. The average Bonchev–Trinajstić information content (AvgIpc) is 2.38. The molecule has 1 atom stereocenters. The first-order valence-corrected chi connectivity index (χ1v) is 6.60. The molecule has 1 aromatic carbocycles. The molecule has 1 rings (SSSR count). The third kappa shape index (κ3) is 4.78. The van der Waals surface area contributed by atoms with Gasteiger partial charge in [-0.15, -0.1) is 0 Å². The van der Waals surface area contributed by atoms with Crippen LogP contribution in [-0.4, -0.2) is 17.7 Å². The number of hydrogen-bond acceptors (Lipinski definition) is 2. The second-order valence-corrected chi connectivity index (χ2v) is 4.54. The first-order valence-electron chi connectivity index (χ1n) is 6.60. The van der Waals surface area contributed by atoms with Gasteiger partial charge in [0.05, 0.1) is 12.5 Å². The molecule has 0 aliphatic carbocycles. The quantitative estimate of drug-likeness (QED) is 0.713. The van der Waals surface area contributed by atoms with E-state index in [1.807, 2.05) is 24.3 Å². The van der Waals surface area contributed by atoms with E-state index in [0.29, 0.717) is 0 Å². The van der Waals surface area contributed by atoms with Crippen molar-refractivity contribution in [2.75, 3.05) is 6.61 Å². The van der Waals surface area contributed by atoms with E-state index in [1.165, 1.54) is 19.3 Å². The topological polar surface area (TPSA) is 46.5 Å². The average molecular weight is 250 g/mol. The zero-order chi connectivity index (χ0) is 13.4. The number of hydrogen-bond donors (Lipinski definition) is 1. The summed E-state index contributed by atoms with van der Waals surface area (Å²) >= 11 is 0. The molecular formula is C15H22O3. The lowest BCUT2D eigenvalue weighted by molar-refractivity contribution is -0.138. The Morgan fingerprint density at radius 3 is 2.44 bits per heavy atom. The fourth-order valence-corrected chi connectivity index (χ4v) is 1.71. The Kier molecular flexibility index (Phi) is 6.26. The normalized spacial score (nSPS) is 12.1. The molecule has 0 aromatic heterocycles. The van der Waals surface area contributed by atoms with Crippen LogP contribution in [-0.2, 0) is 4.79 Å². The molecule has 100 valence electrons. The van der Waals surface area contributed by atoms with Gasteiger partial charge in [0, 0.05) is 0 Å². The Morgan fingerprint density at radius 2 is 1.89 bits per heavy atom. The molecule has 0 saturated carbocycles. The van der Waals surface area contributed by atoms with Gasteiger partial charge in [-0.2, -0.15) is 0 Å². The van der Waals surface area contributed by atoms with Crippen LogP contribution in [0.1, 0.15) is 51.0 Å². The lowest BCUT2D eigenvalue weighted by atomic mass is 10.0. The van der Waals surface area contributed by atoms with Gasteiger partial charge in [-0.3, -0.25) is 4.79 Å². The predicted molar refractivity (Wildman–Crippen MR) is 72.1 cm³/mol.